The second-order valence-corrected chi connectivity index (χ2v) is 7.27. The number of aryl methyl sites for hydroxylation is 2. The molecule has 0 atom stereocenters. The first-order valence-electron chi connectivity index (χ1n) is 7.44. The van der Waals surface area contributed by atoms with Crippen LogP contribution in [0.4, 0.5) is 0 Å². The Hall–Kier alpha value is -2.54. The number of sulfonamides is 1. The normalized spacial score (nSPS) is 15.8. The number of fused-ring (bicyclic) bond motifs is 1. The minimum absolute atomic E-state index is 0.159. The van der Waals surface area contributed by atoms with Gasteiger partial charge < -0.3 is 9.47 Å². The van der Waals surface area contributed by atoms with Crippen molar-refractivity contribution in [2.75, 3.05) is 13.2 Å². The summed E-state index contributed by atoms with van der Waals surface area (Å²) in [5.41, 5.74) is 2.50. The van der Waals surface area contributed by atoms with Gasteiger partial charge in [-0.1, -0.05) is 23.8 Å². The Kier molecular flexibility index (Phi) is 4.44. The van der Waals surface area contributed by atoms with Crippen molar-refractivity contribution in [1.82, 2.24) is 4.83 Å². The van der Waals surface area contributed by atoms with E-state index in [2.05, 4.69) is 9.93 Å². The molecule has 0 saturated heterocycles. The predicted octanol–water partition coefficient (Wildman–Crippen LogP) is 2.41. The van der Waals surface area contributed by atoms with E-state index in [-0.39, 0.29) is 18.1 Å². The summed E-state index contributed by atoms with van der Waals surface area (Å²) < 4.78 is 35.7. The summed E-state index contributed by atoms with van der Waals surface area (Å²) in [6, 6.07) is 12.2. The van der Waals surface area contributed by atoms with E-state index >= 15 is 0 Å². The highest BCUT2D eigenvalue weighted by Gasteiger charge is 2.17. The van der Waals surface area contributed by atoms with Gasteiger partial charge in [-0.2, -0.15) is 18.4 Å². The van der Waals surface area contributed by atoms with Crippen molar-refractivity contribution in [3.05, 3.63) is 53.6 Å². The number of benzene rings is 2. The third-order valence-electron chi connectivity index (χ3n) is 3.54. The van der Waals surface area contributed by atoms with Crippen molar-refractivity contribution in [3.63, 3.8) is 0 Å². The molecule has 0 saturated carbocycles. The molecule has 0 fully saturated rings. The van der Waals surface area contributed by atoms with Crippen LogP contribution in [0.25, 0.3) is 0 Å². The van der Waals surface area contributed by atoms with E-state index in [0.29, 0.717) is 17.2 Å². The maximum absolute atomic E-state index is 12.2. The van der Waals surface area contributed by atoms with Gasteiger partial charge in [0.1, 0.15) is 18.9 Å². The number of hydrogen-bond donors (Lipinski definition) is 1. The summed E-state index contributed by atoms with van der Waals surface area (Å²) in [6.07, 6.45) is 0. The fourth-order valence-corrected chi connectivity index (χ4v) is 3.02. The van der Waals surface area contributed by atoms with Crippen molar-refractivity contribution in [2.45, 2.75) is 18.7 Å². The van der Waals surface area contributed by atoms with Crippen molar-refractivity contribution in [2.24, 2.45) is 5.10 Å². The zero-order valence-electron chi connectivity index (χ0n) is 13.4. The van der Waals surface area contributed by atoms with E-state index in [1.165, 1.54) is 12.1 Å². The Morgan fingerprint density at radius 1 is 0.917 bits per heavy atom. The molecule has 24 heavy (non-hydrogen) atoms. The molecule has 1 N–H and O–H groups in total. The van der Waals surface area contributed by atoms with Gasteiger partial charge in [-0.05, 0) is 43.7 Å². The number of hydrogen-bond acceptors (Lipinski definition) is 5. The number of nitrogens with zero attached hydrogens (tertiary/aromatic N) is 1. The molecule has 0 spiro atoms. The number of ether oxygens (including phenoxy) is 2. The molecule has 1 aliphatic heterocycles. The maximum Gasteiger partial charge on any atom is 0.276 e. The minimum Gasteiger partial charge on any atom is -0.484 e. The molecular weight excluding hydrogens is 328 g/mol. The van der Waals surface area contributed by atoms with Crippen molar-refractivity contribution in [1.29, 1.82) is 0 Å². The van der Waals surface area contributed by atoms with Crippen LogP contribution in [0, 0.1) is 13.8 Å². The zero-order chi connectivity index (χ0) is 17.2. The average molecular weight is 346 g/mol. The van der Waals surface area contributed by atoms with Crippen LogP contribution < -0.4 is 14.3 Å². The molecule has 7 heteroatoms. The van der Waals surface area contributed by atoms with E-state index in [1.54, 1.807) is 12.1 Å². The van der Waals surface area contributed by atoms with E-state index in [4.69, 9.17) is 9.47 Å². The largest absolute Gasteiger partial charge is 0.484 e. The molecule has 0 radical (unpaired) electrons. The van der Waals surface area contributed by atoms with Crippen LogP contribution in [0.2, 0.25) is 0 Å². The fraction of sp³-hybridized carbons (Fsp3) is 0.235. The van der Waals surface area contributed by atoms with Crippen molar-refractivity contribution in [3.8, 4) is 11.5 Å². The summed E-state index contributed by atoms with van der Waals surface area (Å²) in [5.74, 6) is 1.24. The lowest BCUT2D eigenvalue weighted by Gasteiger charge is -2.06. The Bertz CT molecular complexity index is 874. The Morgan fingerprint density at radius 2 is 1.54 bits per heavy atom. The molecular formula is C17H18N2O4S. The van der Waals surface area contributed by atoms with Crippen LogP contribution in [-0.2, 0) is 10.0 Å². The summed E-state index contributed by atoms with van der Waals surface area (Å²) >= 11 is 0. The third kappa shape index (κ3) is 3.68. The van der Waals surface area contributed by atoms with Crippen molar-refractivity contribution < 1.29 is 17.9 Å². The van der Waals surface area contributed by atoms with Crippen LogP contribution in [0.3, 0.4) is 0 Å². The Balaban J connectivity index is 1.72. The standard InChI is InChI=1S/C17H18N2O4S/c1-12-3-6-15(7-4-12)24(20,21)19-18-14-10-22-16-8-5-13(2)9-17(16)23-11-14/h3-9,19H,10-11H2,1-2H3/b18-14+. The van der Waals surface area contributed by atoms with Gasteiger partial charge in [0, 0.05) is 0 Å². The molecule has 6 nitrogen and oxygen atoms in total. The first-order chi connectivity index (χ1) is 11.4. The van der Waals surface area contributed by atoms with Gasteiger partial charge in [-0.25, -0.2) is 0 Å². The molecule has 126 valence electrons. The van der Waals surface area contributed by atoms with Crippen LogP contribution in [0.1, 0.15) is 11.1 Å². The monoisotopic (exact) mass is 346 g/mol. The molecule has 0 bridgehead atoms. The van der Waals surface area contributed by atoms with Crippen LogP contribution in [0.5, 0.6) is 11.5 Å². The molecule has 2 aromatic carbocycles. The topological polar surface area (TPSA) is 77.0 Å². The van der Waals surface area contributed by atoms with Crippen LogP contribution in [-0.4, -0.2) is 27.3 Å². The molecule has 0 amide bonds. The highest BCUT2D eigenvalue weighted by molar-refractivity contribution is 7.89. The smallest absolute Gasteiger partial charge is 0.276 e. The summed E-state index contributed by atoms with van der Waals surface area (Å²) in [6.45, 7) is 4.17. The summed E-state index contributed by atoms with van der Waals surface area (Å²) in [5, 5.41) is 3.95. The number of nitrogens with one attached hydrogen (secondary N) is 1. The van der Waals surface area contributed by atoms with Gasteiger partial charge in [0.2, 0.25) is 0 Å². The highest BCUT2D eigenvalue weighted by Crippen LogP contribution is 2.29. The van der Waals surface area contributed by atoms with Gasteiger partial charge in [-0.15, -0.1) is 0 Å². The predicted molar refractivity (Wildman–Crippen MR) is 91.1 cm³/mol. The lowest BCUT2D eigenvalue weighted by molar-refractivity contribution is 0.354. The molecule has 0 aromatic heterocycles. The minimum atomic E-state index is -3.71. The Labute approximate surface area is 141 Å². The molecule has 3 rings (SSSR count). The Morgan fingerprint density at radius 3 is 2.25 bits per heavy atom. The van der Waals surface area contributed by atoms with Gasteiger partial charge in [-0.3, -0.25) is 0 Å². The molecule has 1 heterocycles. The first-order valence-corrected chi connectivity index (χ1v) is 8.92. The van der Waals surface area contributed by atoms with Gasteiger partial charge in [0.25, 0.3) is 10.0 Å². The highest BCUT2D eigenvalue weighted by atomic mass is 32.2. The van der Waals surface area contributed by atoms with Gasteiger partial charge in [0.05, 0.1) is 4.90 Å². The molecule has 0 unspecified atom stereocenters. The van der Waals surface area contributed by atoms with Crippen LogP contribution in [0.15, 0.2) is 52.5 Å². The summed E-state index contributed by atoms with van der Waals surface area (Å²) in [4.78, 5) is 2.39. The van der Waals surface area contributed by atoms with E-state index in [9.17, 15) is 8.42 Å². The SMILES string of the molecule is Cc1ccc(S(=O)(=O)N/N=C2\COc3ccc(C)cc3OC2)cc1. The van der Waals surface area contributed by atoms with E-state index in [1.807, 2.05) is 32.0 Å². The maximum atomic E-state index is 12.2. The first kappa shape index (κ1) is 16.3. The average Bonchev–Trinajstić information content (AvgIpc) is 2.75. The van der Waals surface area contributed by atoms with Crippen molar-refractivity contribution >= 4 is 15.7 Å². The molecule has 0 aliphatic carbocycles. The second kappa shape index (κ2) is 6.52. The lowest BCUT2D eigenvalue weighted by atomic mass is 10.2. The van der Waals surface area contributed by atoms with Gasteiger partial charge >= 0.3 is 0 Å². The fourth-order valence-electron chi connectivity index (χ4n) is 2.17. The second-order valence-electron chi connectivity index (χ2n) is 5.61. The third-order valence-corrected chi connectivity index (χ3v) is 4.77. The van der Waals surface area contributed by atoms with Gasteiger partial charge in [0.15, 0.2) is 11.5 Å². The van der Waals surface area contributed by atoms with E-state index in [0.717, 1.165) is 11.1 Å². The quantitative estimate of drug-likeness (QED) is 0.866. The molecule has 2 aromatic rings. The zero-order valence-corrected chi connectivity index (χ0v) is 14.3. The van der Waals surface area contributed by atoms with Crippen LogP contribution >= 0.6 is 0 Å². The molecule has 1 aliphatic rings. The number of rotatable bonds is 3. The van der Waals surface area contributed by atoms with E-state index < -0.39 is 10.0 Å². The lowest BCUT2D eigenvalue weighted by Crippen LogP contribution is -2.25. The summed E-state index contributed by atoms with van der Waals surface area (Å²) in [7, 11) is -3.71. The number of hydrazone groups is 1.